The van der Waals surface area contributed by atoms with E-state index in [0.29, 0.717) is 18.4 Å². The predicted molar refractivity (Wildman–Crippen MR) is 109 cm³/mol. The van der Waals surface area contributed by atoms with Gasteiger partial charge in [0.1, 0.15) is 5.82 Å². The lowest BCUT2D eigenvalue weighted by Gasteiger charge is -2.33. The summed E-state index contributed by atoms with van der Waals surface area (Å²) < 4.78 is 7.84. The summed E-state index contributed by atoms with van der Waals surface area (Å²) >= 11 is 0. The highest BCUT2D eigenvalue weighted by Crippen LogP contribution is 2.25. The quantitative estimate of drug-likeness (QED) is 0.691. The van der Waals surface area contributed by atoms with Gasteiger partial charge in [-0.25, -0.2) is 4.98 Å². The van der Waals surface area contributed by atoms with Crippen molar-refractivity contribution < 1.29 is 4.74 Å². The van der Waals surface area contributed by atoms with Gasteiger partial charge in [-0.3, -0.25) is 0 Å². The summed E-state index contributed by atoms with van der Waals surface area (Å²) in [5, 5.41) is 13.0. The zero-order valence-corrected chi connectivity index (χ0v) is 17.1. The van der Waals surface area contributed by atoms with E-state index in [2.05, 4.69) is 52.0 Å². The Morgan fingerprint density at radius 3 is 2.57 bits per heavy atom. The maximum Gasteiger partial charge on any atom is 0.233 e. The molecule has 28 heavy (non-hydrogen) atoms. The minimum atomic E-state index is 0.00364. The largest absolute Gasteiger partial charge is 0.476 e. The molecule has 0 aliphatic carbocycles. The molecule has 0 N–H and O–H groups in total. The van der Waals surface area contributed by atoms with E-state index in [0.717, 1.165) is 48.8 Å². The first kappa shape index (κ1) is 18.7. The van der Waals surface area contributed by atoms with Crippen molar-refractivity contribution in [3.63, 3.8) is 0 Å². The normalized spacial score (nSPS) is 15.9. The first-order valence-electron chi connectivity index (χ1n) is 9.93. The average Bonchev–Trinajstić information content (AvgIpc) is 3.14. The van der Waals surface area contributed by atoms with Crippen LogP contribution in [0.15, 0.2) is 30.5 Å². The number of aromatic nitrogens is 5. The Labute approximate surface area is 165 Å². The third-order valence-electron chi connectivity index (χ3n) is 5.28. The molecular formula is C21H28N6O. The van der Waals surface area contributed by atoms with Gasteiger partial charge in [-0.05, 0) is 31.7 Å². The molecule has 3 aromatic rings. The Morgan fingerprint density at radius 1 is 1.11 bits per heavy atom. The molecule has 7 heteroatoms. The number of hydrogen-bond donors (Lipinski definition) is 0. The van der Waals surface area contributed by atoms with Gasteiger partial charge < -0.3 is 9.64 Å². The van der Waals surface area contributed by atoms with E-state index in [1.54, 1.807) is 6.20 Å². The molecule has 0 amide bonds. The molecule has 1 aliphatic rings. The molecule has 3 aromatic heterocycles. The van der Waals surface area contributed by atoms with Crippen molar-refractivity contribution >= 4 is 11.5 Å². The lowest BCUT2D eigenvalue weighted by Crippen LogP contribution is -2.36. The standard InChI is InChI=1S/C21H28N6O/c1-15-13-20(27-18(23-15)7-10-22-27)26-11-8-16(9-12-26)14-28-19-6-5-17(24-25-19)21(2,3)4/h5-7,10,13,16H,8-9,11-12,14H2,1-4H3. The minimum absolute atomic E-state index is 0.00364. The van der Waals surface area contributed by atoms with Gasteiger partial charge in [0.15, 0.2) is 5.65 Å². The third kappa shape index (κ3) is 3.93. The molecule has 0 spiro atoms. The van der Waals surface area contributed by atoms with Gasteiger partial charge in [-0.2, -0.15) is 14.7 Å². The van der Waals surface area contributed by atoms with Crippen molar-refractivity contribution in [2.45, 2.75) is 46.0 Å². The van der Waals surface area contributed by atoms with Gasteiger partial charge in [0, 0.05) is 42.4 Å². The van der Waals surface area contributed by atoms with Gasteiger partial charge in [-0.1, -0.05) is 20.8 Å². The van der Waals surface area contributed by atoms with Crippen LogP contribution in [0.4, 0.5) is 5.82 Å². The summed E-state index contributed by atoms with van der Waals surface area (Å²) in [6, 6.07) is 8.00. The Bertz CT molecular complexity index is 936. The Kier molecular flexibility index (Phi) is 4.91. The van der Waals surface area contributed by atoms with Crippen molar-refractivity contribution in [3.05, 3.63) is 41.9 Å². The van der Waals surface area contributed by atoms with E-state index in [-0.39, 0.29) is 5.41 Å². The second-order valence-electron chi connectivity index (χ2n) is 8.61. The zero-order valence-electron chi connectivity index (χ0n) is 17.1. The fraction of sp³-hybridized carbons (Fsp3) is 0.524. The molecule has 4 heterocycles. The first-order chi connectivity index (χ1) is 13.4. The smallest absolute Gasteiger partial charge is 0.233 e. The number of aryl methyl sites for hydroxylation is 1. The Balaban J connectivity index is 1.34. The second kappa shape index (κ2) is 7.37. The third-order valence-corrected chi connectivity index (χ3v) is 5.28. The first-order valence-corrected chi connectivity index (χ1v) is 9.93. The summed E-state index contributed by atoms with van der Waals surface area (Å²) in [5.41, 5.74) is 2.90. The number of anilines is 1. The number of nitrogens with zero attached hydrogens (tertiary/aromatic N) is 6. The van der Waals surface area contributed by atoms with Crippen molar-refractivity contribution in [1.29, 1.82) is 0 Å². The van der Waals surface area contributed by atoms with E-state index >= 15 is 0 Å². The molecule has 0 radical (unpaired) electrons. The molecular weight excluding hydrogens is 352 g/mol. The molecule has 0 aromatic carbocycles. The highest BCUT2D eigenvalue weighted by atomic mass is 16.5. The van der Waals surface area contributed by atoms with Crippen molar-refractivity contribution in [2.24, 2.45) is 5.92 Å². The van der Waals surface area contributed by atoms with Gasteiger partial charge in [0.25, 0.3) is 0 Å². The van der Waals surface area contributed by atoms with E-state index in [1.165, 1.54) is 0 Å². The maximum absolute atomic E-state index is 5.91. The van der Waals surface area contributed by atoms with Crippen LogP contribution in [-0.2, 0) is 5.41 Å². The maximum atomic E-state index is 5.91. The highest BCUT2D eigenvalue weighted by Gasteiger charge is 2.23. The van der Waals surface area contributed by atoms with Crippen molar-refractivity contribution in [2.75, 3.05) is 24.6 Å². The van der Waals surface area contributed by atoms with Crippen molar-refractivity contribution in [3.8, 4) is 5.88 Å². The SMILES string of the molecule is Cc1cc(N2CCC(COc3ccc(C(C)(C)C)nn3)CC2)n2nccc2n1. The molecule has 0 atom stereocenters. The topological polar surface area (TPSA) is 68.4 Å². The van der Waals surface area contributed by atoms with Crippen molar-refractivity contribution in [1.82, 2.24) is 24.8 Å². The molecule has 1 aliphatic heterocycles. The van der Waals surface area contributed by atoms with Crippen LogP contribution in [0.3, 0.4) is 0 Å². The Morgan fingerprint density at radius 2 is 1.89 bits per heavy atom. The average molecular weight is 380 g/mol. The fourth-order valence-electron chi connectivity index (χ4n) is 3.57. The molecule has 0 unspecified atom stereocenters. The van der Waals surface area contributed by atoms with Crippen LogP contribution in [0.2, 0.25) is 0 Å². The van der Waals surface area contributed by atoms with Gasteiger partial charge >= 0.3 is 0 Å². The molecule has 7 nitrogen and oxygen atoms in total. The van der Waals surface area contributed by atoms with Crippen LogP contribution in [0.5, 0.6) is 5.88 Å². The second-order valence-corrected chi connectivity index (χ2v) is 8.61. The number of hydrogen-bond acceptors (Lipinski definition) is 6. The number of fused-ring (bicyclic) bond motifs is 1. The van der Waals surface area contributed by atoms with Crippen LogP contribution in [0.25, 0.3) is 5.65 Å². The van der Waals surface area contributed by atoms with E-state index in [4.69, 9.17) is 4.74 Å². The van der Waals surface area contributed by atoms with Crippen LogP contribution in [0.1, 0.15) is 45.0 Å². The molecule has 1 saturated heterocycles. The molecule has 148 valence electrons. The van der Waals surface area contributed by atoms with Crippen LogP contribution < -0.4 is 9.64 Å². The number of rotatable bonds is 4. The summed E-state index contributed by atoms with van der Waals surface area (Å²) in [5.74, 6) is 2.25. The summed E-state index contributed by atoms with van der Waals surface area (Å²) in [6.45, 7) is 11.1. The van der Waals surface area contributed by atoms with E-state index < -0.39 is 0 Å². The summed E-state index contributed by atoms with van der Waals surface area (Å²) in [4.78, 5) is 6.92. The van der Waals surface area contributed by atoms with Crippen LogP contribution in [0, 0.1) is 12.8 Å². The molecule has 4 rings (SSSR count). The Hall–Kier alpha value is -2.70. The van der Waals surface area contributed by atoms with Gasteiger partial charge in [0.05, 0.1) is 18.5 Å². The zero-order chi connectivity index (χ0) is 19.7. The van der Waals surface area contributed by atoms with E-state index in [9.17, 15) is 0 Å². The van der Waals surface area contributed by atoms with Crippen LogP contribution >= 0.6 is 0 Å². The molecule has 0 saturated carbocycles. The minimum Gasteiger partial charge on any atom is -0.476 e. The fourth-order valence-corrected chi connectivity index (χ4v) is 3.57. The molecule has 0 bridgehead atoms. The van der Waals surface area contributed by atoms with Gasteiger partial charge in [0.2, 0.25) is 5.88 Å². The monoisotopic (exact) mass is 380 g/mol. The van der Waals surface area contributed by atoms with Crippen LogP contribution in [-0.4, -0.2) is 44.5 Å². The number of ether oxygens (including phenoxy) is 1. The summed E-state index contributed by atoms with van der Waals surface area (Å²) in [6.07, 6.45) is 3.97. The summed E-state index contributed by atoms with van der Waals surface area (Å²) in [7, 11) is 0. The highest BCUT2D eigenvalue weighted by molar-refractivity contribution is 5.50. The lowest BCUT2D eigenvalue weighted by atomic mass is 9.92. The van der Waals surface area contributed by atoms with E-state index in [1.807, 2.05) is 29.6 Å². The lowest BCUT2D eigenvalue weighted by molar-refractivity contribution is 0.213. The van der Waals surface area contributed by atoms with Gasteiger partial charge in [-0.15, -0.1) is 5.10 Å². The molecule has 1 fully saturated rings. The predicted octanol–water partition coefficient (Wildman–Crippen LogP) is 3.42. The number of piperidine rings is 1.